The summed E-state index contributed by atoms with van der Waals surface area (Å²) in [6.07, 6.45) is 6.32. The number of carbonyl (C=O) groups excluding carboxylic acids is 1. The molecule has 2 aliphatic rings. The van der Waals surface area contributed by atoms with Gasteiger partial charge in [-0.25, -0.2) is 0 Å². The van der Waals surface area contributed by atoms with Crippen molar-refractivity contribution in [2.24, 2.45) is 11.8 Å². The smallest absolute Gasteiger partial charge is 0.253 e. The normalized spacial score (nSPS) is 22.6. The molecule has 3 heteroatoms. The third-order valence-corrected chi connectivity index (χ3v) is 3.67. The molecule has 0 heterocycles. The quantitative estimate of drug-likeness (QED) is 0.801. The fraction of sp³-hybridized carbons (Fsp3) is 0.588. The number of hydrogen-bond donors (Lipinski definition) is 1. The number of allylic oxidation sites excluding steroid dienone is 2. The van der Waals surface area contributed by atoms with Crippen molar-refractivity contribution in [2.45, 2.75) is 26.7 Å². The van der Waals surface area contributed by atoms with Gasteiger partial charge in [-0.05, 0) is 52.6 Å². The molecule has 0 radical (unpaired) electrons. The third-order valence-electron chi connectivity index (χ3n) is 3.67. The second-order valence-corrected chi connectivity index (χ2v) is 5.95. The standard InChI is InChI=1S/C15H21NO.C2H7N/c1-10(2)5-6-16(4)15(17)13-7-11(3)14-9-12(14)8-13;1-3-2/h7-8,12,14H,1,5-6,9H2,2-4H3;3H,1-2H3. The zero-order chi connectivity index (χ0) is 15.3. The van der Waals surface area contributed by atoms with Crippen molar-refractivity contribution >= 4 is 5.91 Å². The maximum absolute atomic E-state index is 12.2. The van der Waals surface area contributed by atoms with E-state index < -0.39 is 0 Å². The Hall–Kier alpha value is -1.35. The summed E-state index contributed by atoms with van der Waals surface area (Å²) < 4.78 is 0. The van der Waals surface area contributed by atoms with Crippen molar-refractivity contribution in [3.05, 3.63) is 35.5 Å². The van der Waals surface area contributed by atoms with E-state index in [1.54, 1.807) is 4.90 Å². The number of rotatable bonds is 4. The lowest BCUT2D eigenvalue weighted by Gasteiger charge is -2.19. The molecule has 112 valence electrons. The van der Waals surface area contributed by atoms with Crippen molar-refractivity contribution in [3.8, 4) is 0 Å². The van der Waals surface area contributed by atoms with Gasteiger partial charge in [-0.3, -0.25) is 4.79 Å². The lowest BCUT2D eigenvalue weighted by atomic mass is 10.00. The molecule has 0 aromatic carbocycles. The first kappa shape index (κ1) is 16.7. The van der Waals surface area contributed by atoms with Crippen LogP contribution in [0.4, 0.5) is 0 Å². The molecule has 0 aromatic rings. The van der Waals surface area contributed by atoms with Crippen LogP contribution in [0.25, 0.3) is 0 Å². The number of nitrogens with zero attached hydrogens (tertiary/aromatic N) is 1. The predicted octanol–water partition coefficient (Wildman–Crippen LogP) is 2.77. The van der Waals surface area contributed by atoms with E-state index in [0.717, 1.165) is 30.0 Å². The SMILES string of the molecule is C=C(C)CCN(C)C(=O)C1=CC2CC2C(C)=C1.CNC. The Kier molecular flexibility index (Phi) is 6.21. The molecule has 0 aromatic heterocycles. The Morgan fingerprint density at radius 1 is 1.50 bits per heavy atom. The van der Waals surface area contributed by atoms with Gasteiger partial charge in [0, 0.05) is 19.2 Å². The third kappa shape index (κ3) is 4.64. The van der Waals surface area contributed by atoms with Crippen LogP contribution in [0.5, 0.6) is 0 Å². The molecular formula is C17H28N2O. The number of hydrogen-bond acceptors (Lipinski definition) is 2. The minimum Gasteiger partial charge on any atom is -0.341 e. The summed E-state index contributed by atoms with van der Waals surface area (Å²) in [7, 11) is 5.62. The summed E-state index contributed by atoms with van der Waals surface area (Å²) in [5.74, 6) is 1.51. The molecule has 1 saturated carbocycles. The molecule has 2 rings (SSSR count). The van der Waals surface area contributed by atoms with E-state index in [1.165, 1.54) is 12.0 Å². The Morgan fingerprint density at radius 3 is 2.60 bits per heavy atom. The zero-order valence-corrected chi connectivity index (χ0v) is 13.5. The van der Waals surface area contributed by atoms with E-state index >= 15 is 0 Å². The van der Waals surface area contributed by atoms with E-state index in [-0.39, 0.29) is 5.91 Å². The second-order valence-electron chi connectivity index (χ2n) is 5.95. The van der Waals surface area contributed by atoms with Crippen LogP contribution >= 0.6 is 0 Å². The first-order chi connectivity index (χ1) is 9.40. The van der Waals surface area contributed by atoms with Crippen molar-refractivity contribution < 1.29 is 4.79 Å². The molecule has 0 aliphatic heterocycles. The van der Waals surface area contributed by atoms with E-state index in [4.69, 9.17) is 0 Å². The van der Waals surface area contributed by atoms with Gasteiger partial charge >= 0.3 is 0 Å². The number of nitrogens with one attached hydrogen (secondary N) is 1. The number of carbonyl (C=O) groups is 1. The van der Waals surface area contributed by atoms with Gasteiger partial charge in [0.1, 0.15) is 0 Å². The van der Waals surface area contributed by atoms with Crippen LogP contribution in [0.3, 0.4) is 0 Å². The Labute approximate surface area is 123 Å². The minimum absolute atomic E-state index is 0.149. The van der Waals surface area contributed by atoms with Crippen LogP contribution in [0, 0.1) is 11.8 Å². The molecule has 0 spiro atoms. The molecule has 2 unspecified atom stereocenters. The van der Waals surface area contributed by atoms with Gasteiger partial charge < -0.3 is 10.2 Å². The van der Waals surface area contributed by atoms with Crippen molar-refractivity contribution in [1.82, 2.24) is 10.2 Å². The summed E-state index contributed by atoms with van der Waals surface area (Å²) in [5.41, 5.74) is 3.37. The van der Waals surface area contributed by atoms with Gasteiger partial charge in [0.25, 0.3) is 5.91 Å². The summed E-state index contributed by atoms with van der Waals surface area (Å²) in [6, 6.07) is 0. The van der Waals surface area contributed by atoms with Gasteiger partial charge in [-0.15, -0.1) is 6.58 Å². The maximum Gasteiger partial charge on any atom is 0.253 e. The molecule has 1 amide bonds. The fourth-order valence-corrected chi connectivity index (χ4v) is 2.37. The monoisotopic (exact) mass is 276 g/mol. The average Bonchev–Trinajstić information content (AvgIpc) is 3.15. The Bertz CT molecular complexity index is 434. The van der Waals surface area contributed by atoms with Gasteiger partial charge in [0.15, 0.2) is 0 Å². The highest BCUT2D eigenvalue weighted by Crippen LogP contribution is 2.48. The number of amides is 1. The predicted molar refractivity (Wildman–Crippen MR) is 85.5 cm³/mol. The molecule has 2 atom stereocenters. The van der Waals surface area contributed by atoms with Gasteiger partial charge in [-0.1, -0.05) is 23.3 Å². The van der Waals surface area contributed by atoms with Crippen LogP contribution in [-0.2, 0) is 4.79 Å². The Balaban J connectivity index is 0.000000612. The van der Waals surface area contributed by atoms with Crippen LogP contribution < -0.4 is 5.32 Å². The van der Waals surface area contributed by atoms with Crippen LogP contribution in [0.1, 0.15) is 26.7 Å². The number of fused-ring (bicyclic) bond motifs is 1. The van der Waals surface area contributed by atoms with Crippen molar-refractivity contribution in [1.29, 1.82) is 0 Å². The highest BCUT2D eigenvalue weighted by atomic mass is 16.2. The van der Waals surface area contributed by atoms with E-state index in [1.807, 2.05) is 28.1 Å². The zero-order valence-electron chi connectivity index (χ0n) is 13.5. The van der Waals surface area contributed by atoms with E-state index in [9.17, 15) is 4.79 Å². The maximum atomic E-state index is 12.2. The molecule has 0 bridgehead atoms. The fourth-order valence-electron chi connectivity index (χ4n) is 2.37. The summed E-state index contributed by atoms with van der Waals surface area (Å²) >= 11 is 0. The largest absolute Gasteiger partial charge is 0.341 e. The van der Waals surface area contributed by atoms with Gasteiger partial charge in [-0.2, -0.15) is 0 Å². The first-order valence-corrected chi connectivity index (χ1v) is 7.29. The van der Waals surface area contributed by atoms with Gasteiger partial charge in [0.2, 0.25) is 0 Å². The van der Waals surface area contributed by atoms with Crippen molar-refractivity contribution in [3.63, 3.8) is 0 Å². The van der Waals surface area contributed by atoms with E-state index in [0.29, 0.717) is 5.92 Å². The molecule has 3 nitrogen and oxygen atoms in total. The van der Waals surface area contributed by atoms with Crippen LogP contribution in [-0.4, -0.2) is 38.5 Å². The van der Waals surface area contributed by atoms with Crippen LogP contribution in [0.2, 0.25) is 0 Å². The summed E-state index contributed by atoms with van der Waals surface area (Å²) in [6.45, 7) is 8.76. The first-order valence-electron chi connectivity index (χ1n) is 7.29. The summed E-state index contributed by atoms with van der Waals surface area (Å²) in [4.78, 5) is 14.0. The molecule has 1 fully saturated rings. The van der Waals surface area contributed by atoms with Crippen molar-refractivity contribution in [2.75, 3.05) is 27.7 Å². The lowest BCUT2D eigenvalue weighted by molar-refractivity contribution is -0.125. The molecule has 0 saturated heterocycles. The molecule has 1 N–H and O–H groups in total. The molecular weight excluding hydrogens is 248 g/mol. The minimum atomic E-state index is 0.149. The Morgan fingerprint density at radius 2 is 2.10 bits per heavy atom. The highest BCUT2D eigenvalue weighted by molar-refractivity contribution is 5.96. The highest BCUT2D eigenvalue weighted by Gasteiger charge is 2.39. The van der Waals surface area contributed by atoms with Crippen LogP contribution in [0.15, 0.2) is 35.5 Å². The van der Waals surface area contributed by atoms with Gasteiger partial charge in [0.05, 0.1) is 0 Å². The molecule has 2 aliphatic carbocycles. The average molecular weight is 276 g/mol. The molecule has 20 heavy (non-hydrogen) atoms. The second kappa shape index (κ2) is 7.44. The topological polar surface area (TPSA) is 32.3 Å². The number of likely N-dealkylation sites (N-methyl/N-ethyl adjacent to an activating group) is 1. The van der Waals surface area contributed by atoms with E-state index in [2.05, 4.69) is 31.0 Å². The lowest BCUT2D eigenvalue weighted by Crippen LogP contribution is -2.29. The summed E-state index contributed by atoms with van der Waals surface area (Å²) in [5, 5.41) is 2.75.